The van der Waals surface area contributed by atoms with Crippen LogP contribution in [-0.4, -0.2) is 34.8 Å². The van der Waals surface area contributed by atoms with Crippen molar-refractivity contribution in [3.05, 3.63) is 51.3 Å². The number of carbonyl (C=O) groups excluding carboxylic acids is 2. The summed E-state index contributed by atoms with van der Waals surface area (Å²) in [6, 6.07) is 5.33. The molecule has 0 aliphatic heterocycles. The molecule has 0 atom stereocenters. The van der Waals surface area contributed by atoms with Crippen molar-refractivity contribution in [3.8, 4) is 11.1 Å². The number of benzene rings is 1. The van der Waals surface area contributed by atoms with Gasteiger partial charge in [-0.15, -0.1) is 5.60 Å². The van der Waals surface area contributed by atoms with E-state index in [-0.39, 0.29) is 24.0 Å². The Kier molecular flexibility index (Phi) is 7.60. The van der Waals surface area contributed by atoms with E-state index in [2.05, 4.69) is 20.9 Å². The molecule has 0 fully saturated rings. The second kappa shape index (κ2) is 9.37. The molecule has 1 heterocycles. The Morgan fingerprint density at radius 3 is 2.48 bits per heavy atom. The molecule has 0 spiro atoms. The minimum Gasteiger partial charge on any atom is -0.850 e. The zero-order valence-electron chi connectivity index (χ0n) is 17.2. The number of ketones is 1. The van der Waals surface area contributed by atoms with Crippen LogP contribution in [0.1, 0.15) is 46.7 Å². The smallest absolute Gasteiger partial charge is 0.310 e. The predicted molar refractivity (Wildman–Crippen MR) is 116 cm³/mol. The SMILES string of the molecule is COC(=O)Cc1c(C)nc(C(=O)CBr)c(C)c1-c1ccc(Cl)cc1CC(C)(C)[O-]. The van der Waals surface area contributed by atoms with Gasteiger partial charge in [0.25, 0.3) is 0 Å². The minimum atomic E-state index is -1.22. The zero-order valence-corrected chi connectivity index (χ0v) is 19.5. The lowest BCUT2D eigenvalue weighted by Gasteiger charge is -2.33. The summed E-state index contributed by atoms with van der Waals surface area (Å²) in [7, 11) is 1.33. The molecule has 1 aromatic carbocycles. The van der Waals surface area contributed by atoms with E-state index in [1.807, 2.05) is 6.07 Å². The molecule has 0 amide bonds. The molecule has 5 nitrogen and oxygen atoms in total. The van der Waals surface area contributed by atoms with Crippen LogP contribution in [0.15, 0.2) is 18.2 Å². The molecule has 2 aromatic rings. The highest BCUT2D eigenvalue weighted by atomic mass is 79.9. The van der Waals surface area contributed by atoms with Gasteiger partial charge in [-0.3, -0.25) is 9.59 Å². The van der Waals surface area contributed by atoms with Crippen molar-refractivity contribution < 1.29 is 19.4 Å². The van der Waals surface area contributed by atoms with Gasteiger partial charge in [0.15, 0.2) is 5.78 Å². The number of nitrogens with zero attached hydrogens (tertiary/aromatic N) is 1. The lowest BCUT2D eigenvalue weighted by atomic mass is 9.85. The topological polar surface area (TPSA) is 79.3 Å². The van der Waals surface area contributed by atoms with Crippen LogP contribution in [0.3, 0.4) is 0 Å². The van der Waals surface area contributed by atoms with Crippen LogP contribution in [0, 0.1) is 13.8 Å². The fourth-order valence-corrected chi connectivity index (χ4v) is 3.85. The van der Waals surface area contributed by atoms with E-state index in [4.69, 9.17) is 16.3 Å². The number of ether oxygens (including phenoxy) is 1. The van der Waals surface area contributed by atoms with Crippen molar-refractivity contribution in [1.82, 2.24) is 4.98 Å². The average Bonchev–Trinajstić information content (AvgIpc) is 2.63. The second-order valence-electron chi connectivity index (χ2n) is 7.57. The number of alkyl halides is 1. The van der Waals surface area contributed by atoms with Crippen molar-refractivity contribution in [2.45, 2.75) is 46.1 Å². The number of Topliss-reactive ketones (excluding diaryl/α,β-unsaturated/α-hetero) is 1. The maximum absolute atomic E-state index is 12.5. The molecular formula is C22H24BrClNO4-. The Hall–Kier alpha value is -1.76. The van der Waals surface area contributed by atoms with Crippen molar-refractivity contribution in [2.24, 2.45) is 0 Å². The van der Waals surface area contributed by atoms with Gasteiger partial charge in [-0.05, 0) is 60.2 Å². The van der Waals surface area contributed by atoms with E-state index in [9.17, 15) is 14.7 Å². The molecule has 0 radical (unpaired) electrons. The number of halogens is 2. The highest BCUT2D eigenvalue weighted by Crippen LogP contribution is 2.36. The molecule has 0 aliphatic rings. The first kappa shape index (κ1) is 23.5. The van der Waals surface area contributed by atoms with Crippen LogP contribution in [0.5, 0.6) is 0 Å². The molecule has 156 valence electrons. The van der Waals surface area contributed by atoms with E-state index >= 15 is 0 Å². The van der Waals surface area contributed by atoms with E-state index < -0.39 is 11.6 Å². The van der Waals surface area contributed by atoms with Crippen LogP contribution in [0.25, 0.3) is 11.1 Å². The highest BCUT2D eigenvalue weighted by Gasteiger charge is 2.24. The number of pyridine rings is 1. The molecule has 0 saturated carbocycles. The number of methoxy groups -OCH3 is 1. The summed E-state index contributed by atoms with van der Waals surface area (Å²) >= 11 is 9.41. The third kappa shape index (κ3) is 5.65. The first-order valence-corrected chi connectivity index (χ1v) is 10.6. The minimum absolute atomic E-state index is 0.0110. The molecule has 0 bridgehead atoms. The Balaban J connectivity index is 2.87. The van der Waals surface area contributed by atoms with E-state index in [1.165, 1.54) is 7.11 Å². The van der Waals surface area contributed by atoms with E-state index in [0.717, 1.165) is 16.7 Å². The summed E-state index contributed by atoms with van der Waals surface area (Å²) in [6.07, 6.45) is 0.250. The number of hydrogen-bond donors (Lipinski definition) is 0. The number of esters is 1. The molecule has 0 unspecified atom stereocenters. The third-order valence-electron chi connectivity index (χ3n) is 4.64. The standard InChI is InChI=1S/C22H24BrClNO4/c1-12-20(16-7-6-15(24)8-14(16)10-22(3,4)28)17(9-19(27)29-5)13(2)25-21(12)18(26)11-23/h6-8H,9-11H2,1-5H3/q-1. The van der Waals surface area contributed by atoms with Gasteiger partial charge in [-0.2, -0.15) is 0 Å². The zero-order chi connectivity index (χ0) is 21.9. The summed E-state index contributed by atoms with van der Waals surface area (Å²) < 4.78 is 4.86. The van der Waals surface area contributed by atoms with Crippen molar-refractivity contribution in [2.75, 3.05) is 12.4 Å². The van der Waals surface area contributed by atoms with Gasteiger partial charge in [-0.1, -0.05) is 47.4 Å². The molecule has 2 rings (SSSR count). The van der Waals surface area contributed by atoms with Gasteiger partial charge < -0.3 is 9.84 Å². The first-order valence-electron chi connectivity index (χ1n) is 9.13. The summed E-state index contributed by atoms with van der Waals surface area (Å²) in [5.74, 6) is -0.564. The van der Waals surface area contributed by atoms with Crippen LogP contribution in [-0.2, 0) is 22.4 Å². The summed E-state index contributed by atoms with van der Waals surface area (Å²) in [6.45, 7) is 6.79. The Morgan fingerprint density at radius 1 is 1.28 bits per heavy atom. The van der Waals surface area contributed by atoms with Gasteiger partial charge in [0, 0.05) is 10.7 Å². The van der Waals surface area contributed by atoms with E-state index in [1.54, 1.807) is 39.8 Å². The van der Waals surface area contributed by atoms with Gasteiger partial charge in [0.2, 0.25) is 0 Å². The van der Waals surface area contributed by atoms with Crippen molar-refractivity contribution in [3.63, 3.8) is 0 Å². The normalized spacial score (nSPS) is 11.4. The number of aryl methyl sites for hydroxylation is 1. The quantitative estimate of drug-likeness (QED) is 0.339. The van der Waals surface area contributed by atoms with Crippen LogP contribution >= 0.6 is 27.5 Å². The average molecular weight is 482 g/mol. The van der Waals surface area contributed by atoms with Gasteiger partial charge in [-0.25, -0.2) is 4.98 Å². The van der Waals surface area contributed by atoms with Gasteiger partial charge in [0.1, 0.15) is 5.69 Å². The third-order valence-corrected chi connectivity index (χ3v) is 5.38. The van der Waals surface area contributed by atoms with Gasteiger partial charge in [0.05, 0.1) is 18.9 Å². The number of hydrogen-bond acceptors (Lipinski definition) is 5. The summed E-state index contributed by atoms with van der Waals surface area (Å²) in [4.78, 5) is 29.0. The molecule has 1 aromatic heterocycles. The lowest BCUT2D eigenvalue weighted by molar-refractivity contribution is -0.465. The molecule has 7 heteroatoms. The first-order chi connectivity index (χ1) is 13.5. The van der Waals surface area contributed by atoms with Crippen molar-refractivity contribution in [1.29, 1.82) is 0 Å². The Morgan fingerprint density at radius 2 is 1.93 bits per heavy atom. The van der Waals surface area contributed by atoms with Crippen molar-refractivity contribution >= 4 is 39.3 Å². The fraction of sp³-hybridized carbons (Fsp3) is 0.409. The molecule has 0 saturated heterocycles. The molecule has 0 N–H and O–H groups in total. The number of aromatic nitrogens is 1. The Bertz CT molecular complexity index is 951. The van der Waals surface area contributed by atoms with Gasteiger partial charge >= 0.3 is 5.97 Å². The summed E-state index contributed by atoms with van der Waals surface area (Å²) in [5, 5.41) is 13.1. The van der Waals surface area contributed by atoms with Crippen LogP contribution in [0.2, 0.25) is 5.02 Å². The van der Waals surface area contributed by atoms with Crippen LogP contribution < -0.4 is 5.11 Å². The molecule has 29 heavy (non-hydrogen) atoms. The maximum Gasteiger partial charge on any atom is 0.310 e. The second-order valence-corrected chi connectivity index (χ2v) is 8.57. The predicted octanol–water partition coefficient (Wildman–Crippen LogP) is 3.99. The maximum atomic E-state index is 12.5. The number of rotatable bonds is 7. The Labute approximate surface area is 184 Å². The molecule has 0 aliphatic carbocycles. The molecular weight excluding hydrogens is 458 g/mol. The monoisotopic (exact) mass is 480 g/mol. The highest BCUT2D eigenvalue weighted by molar-refractivity contribution is 9.09. The lowest BCUT2D eigenvalue weighted by Crippen LogP contribution is -2.39. The van der Waals surface area contributed by atoms with Crippen LogP contribution in [0.4, 0.5) is 0 Å². The summed E-state index contributed by atoms with van der Waals surface area (Å²) in [5.41, 5.74) is 3.28. The number of carbonyl (C=O) groups is 2. The van der Waals surface area contributed by atoms with E-state index in [0.29, 0.717) is 27.5 Å². The fourth-order valence-electron chi connectivity index (χ4n) is 3.39. The largest absolute Gasteiger partial charge is 0.850 e.